The Balaban J connectivity index is 1.77. The van der Waals surface area contributed by atoms with Crippen molar-refractivity contribution < 1.29 is 4.74 Å². The lowest BCUT2D eigenvalue weighted by atomic mass is 10.1. The third-order valence-corrected chi connectivity index (χ3v) is 4.73. The fraction of sp³-hybridized carbons (Fsp3) is 0.625. The topological polar surface area (TPSA) is 24.5 Å². The molecule has 1 N–H and O–H groups in total. The molecule has 1 aromatic carbocycles. The van der Waals surface area contributed by atoms with Crippen LogP contribution in [0.2, 0.25) is 0 Å². The third-order valence-electron chi connectivity index (χ3n) is 4.27. The van der Waals surface area contributed by atoms with E-state index in [-0.39, 0.29) is 0 Å². The summed E-state index contributed by atoms with van der Waals surface area (Å²) in [4.78, 5) is 2.57. The highest BCUT2D eigenvalue weighted by atomic mass is 79.9. The van der Waals surface area contributed by atoms with Gasteiger partial charge in [-0.05, 0) is 43.6 Å². The molecule has 4 heteroatoms. The van der Waals surface area contributed by atoms with E-state index < -0.39 is 0 Å². The average molecular weight is 339 g/mol. The van der Waals surface area contributed by atoms with Crippen LogP contribution in [0.1, 0.15) is 30.9 Å². The molecule has 0 aromatic heterocycles. The van der Waals surface area contributed by atoms with Crippen molar-refractivity contribution in [1.29, 1.82) is 0 Å². The van der Waals surface area contributed by atoms with E-state index in [9.17, 15) is 0 Å². The minimum Gasteiger partial charge on any atom is -0.493 e. The van der Waals surface area contributed by atoms with Crippen molar-refractivity contribution in [1.82, 2.24) is 10.2 Å². The monoisotopic (exact) mass is 338 g/mol. The van der Waals surface area contributed by atoms with Gasteiger partial charge in [-0.1, -0.05) is 22.9 Å². The van der Waals surface area contributed by atoms with E-state index in [1.54, 1.807) is 0 Å². The maximum absolute atomic E-state index is 5.85. The normalized spacial score (nSPS) is 23.2. The summed E-state index contributed by atoms with van der Waals surface area (Å²) in [5.41, 5.74) is 2.69. The van der Waals surface area contributed by atoms with Gasteiger partial charge in [-0.2, -0.15) is 0 Å². The van der Waals surface area contributed by atoms with Crippen LogP contribution in [0.4, 0.5) is 0 Å². The Labute approximate surface area is 129 Å². The van der Waals surface area contributed by atoms with Crippen LogP contribution in [-0.2, 0) is 13.0 Å². The molecule has 0 radical (unpaired) electrons. The molecule has 1 unspecified atom stereocenters. The van der Waals surface area contributed by atoms with Gasteiger partial charge in [0, 0.05) is 35.6 Å². The van der Waals surface area contributed by atoms with E-state index in [2.05, 4.69) is 45.2 Å². The van der Waals surface area contributed by atoms with Gasteiger partial charge in [0.1, 0.15) is 5.75 Å². The van der Waals surface area contributed by atoms with Crippen molar-refractivity contribution in [3.63, 3.8) is 0 Å². The summed E-state index contributed by atoms with van der Waals surface area (Å²) in [6.07, 6.45) is 3.47. The van der Waals surface area contributed by atoms with Crippen LogP contribution in [0.5, 0.6) is 5.75 Å². The van der Waals surface area contributed by atoms with Crippen molar-refractivity contribution in [2.45, 2.75) is 38.8 Å². The number of nitrogens with zero attached hydrogens (tertiary/aromatic N) is 1. The Kier molecular flexibility index (Phi) is 4.64. The zero-order valence-corrected chi connectivity index (χ0v) is 13.7. The first-order valence-electron chi connectivity index (χ1n) is 7.66. The molecule has 1 aromatic rings. The molecule has 0 amide bonds. The molecule has 110 valence electrons. The van der Waals surface area contributed by atoms with Crippen LogP contribution in [0.15, 0.2) is 16.6 Å². The predicted octanol–water partition coefficient (Wildman–Crippen LogP) is 2.96. The zero-order valence-electron chi connectivity index (χ0n) is 12.1. The Morgan fingerprint density at radius 3 is 3.20 bits per heavy atom. The zero-order chi connectivity index (χ0) is 13.9. The Hall–Kier alpha value is -0.580. The molecular formula is C16H23BrN2O. The van der Waals surface area contributed by atoms with Gasteiger partial charge < -0.3 is 10.1 Å². The second-order valence-electron chi connectivity index (χ2n) is 5.80. The molecule has 0 spiro atoms. The molecule has 2 heterocycles. The molecule has 3 rings (SSSR count). The van der Waals surface area contributed by atoms with E-state index >= 15 is 0 Å². The second kappa shape index (κ2) is 6.46. The summed E-state index contributed by atoms with van der Waals surface area (Å²) in [6, 6.07) is 5.05. The van der Waals surface area contributed by atoms with Crippen LogP contribution in [0.25, 0.3) is 0 Å². The number of halogens is 1. The summed E-state index contributed by atoms with van der Waals surface area (Å²) < 4.78 is 7.02. The molecule has 0 bridgehead atoms. The second-order valence-corrected chi connectivity index (χ2v) is 6.72. The van der Waals surface area contributed by atoms with Crippen LogP contribution in [-0.4, -0.2) is 37.2 Å². The predicted molar refractivity (Wildman–Crippen MR) is 85.3 cm³/mol. The summed E-state index contributed by atoms with van der Waals surface area (Å²) >= 11 is 3.64. The Morgan fingerprint density at radius 2 is 2.35 bits per heavy atom. The number of hydrogen-bond acceptors (Lipinski definition) is 3. The van der Waals surface area contributed by atoms with E-state index in [1.165, 1.54) is 35.0 Å². The average Bonchev–Trinajstić information content (AvgIpc) is 2.78. The fourth-order valence-electron chi connectivity index (χ4n) is 3.20. The largest absolute Gasteiger partial charge is 0.493 e. The highest BCUT2D eigenvalue weighted by molar-refractivity contribution is 9.10. The molecule has 0 saturated carbocycles. The molecule has 3 nitrogen and oxygen atoms in total. The lowest BCUT2D eigenvalue weighted by Gasteiger charge is -2.24. The lowest BCUT2D eigenvalue weighted by molar-refractivity contribution is 0.252. The third kappa shape index (κ3) is 3.18. The number of rotatable bonds is 3. The molecule has 20 heavy (non-hydrogen) atoms. The molecule has 1 fully saturated rings. The minimum absolute atomic E-state index is 0.624. The number of fused-ring (bicyclic) bond motifs is 1. The summed E-state index contributed by atoms with van der Waals surface area (Å²) in [7, 11) is 0. The lowest BCUT2D eigenvalue weighted by Crippen LogP contribution is -2.36. The van der Waals surface area contributed by atoms with Gasteiger partial charge in [0.15, 0.2) is 0 Å². The number of benzene rings is 1. The van der Waals surface area contributed by atoms with E-state index in [1.807, 2.05) is 0 Å². The Bertz CT molecular complexity index is 478. The van der Waals surface area contributed by atoms with Gasteiger partial charge in [-0.25, -0.2) is 0 Å². The van der Waals surface area contributed by atoms with Crippen molar-refractivity contribution in [3.8, 4) is 5.75 Å². The maximum Gasteiger partial charge on any atom is 0.127 e. The first kappa shape index (κ1) is 14.4. The van der Waals surface area contributed by atoms with Crippen molar-refractivity contribution in [2.75, 3.05) is 26.2 Å². The minimum atomic E-state index is 0.624. The molecule has 2 aliphatic heterocycles. The first-order chi connectivity index (χ1) is 9.76. The van der Waals surface area contributed by atoms with Gasteiger partial charge in [0.2, 0.25) is 0 Å². The molecule has 0 aliphatic carbocycles. The SMILES string of the molecule is CCC1CN(Cc2cc(Br)cc3c2OCC3)CCCN1. The van der Waals surface area contributed by atoms with Gasteiger partial charge >= 0.3 is 0 Å². The van der Waals surface area contributed by atoms with Crippen LogP contribution in [0, 0.1) is 0 Å². The van der Waals surface area contributed by atoms with Gasteiger partial charge in [-0.3, -0.25) is 4.90 Å². The highest BCUT2D eigenvalue weighted by Crippen LogP contribution is 2.33. The number of nitrogens with one attached hydrogen (secondary N) is 1. The molecule has 1 atom stereocenters. The van der Waals surface area contributed by atoms with Crippen LogP contribution in [0.3, 0.4) is 0 Å². The molecule has 2 aliphatic rings. The van der Waals surface area contributed by atoms with Crippen LogP contribution < -0.4 is 10.1 Å². The molecule has 1 saturated heterocycles. The number of hydrogen-bond donors (Lipinski definition) is 1. The van der Waals surface area contributed by atoms with E-state index in [0.717, 1.165) is 38.4 Å². The van der Waals surface area contributed by atoms with Crippen molar-refractivity contribution in [2.24, 2.45) is 0 Å². The highest BCUT2D eigenvalue weighted by Gasteiger charge is 2.21. The molecular weight excluding hydrogens is 316 g/mol. The summed E-state index contributed by atoms with van der Waals surface area (Å²) in [5.74, 6) is 1.14. The Morgan fingerprint density at radius 1 is 1.45 bits per heavy atom. The van der Waals surface area contributed by atoms with Crippen molar-refractivity contribution >= 4 is 15.9 Å². The number of ether oxygens (including phenoxy) is 1. The maximum atomic E-state index is 5.85. The summed E-state index contributed by atoms with van der Waals surface area (Å²) in [6.45, 7) is 7.55. The van der Waals surface area contributed by atoms with Gasteiger partial charge in [0.05, 0.1) is 6.61 Å². The fourth-order valence-corrected chi connectivity index (χ4v) is 3.75. The van der Waals surface area contributed by atoms with Gasteiger partial charge in [0.25, 0.3) is 0 Å². The summed E-state index contributed by atoms with van der Waals surface area (Å²) in [5, 5.41) is 3.63. The van der Waals surface area contributed by atoms with E-state index in [4.69, 9.17) is 4.74 Å². The standard InChI is InChI=1S/C16H23BrN2O/c1-2-15-11-19(6-3-5-18-15)10-13-9-14(17)8-12-4-7-20-16(12)13/h8-9,15,18H,2-7,10-11H2,1H3. The first-order valence-corrected chi connectivity index (χ1v) is 8.45. The van der Waals surface area contributed by atoms with Crippen molar-refractivity contribution in [3.05, 3.63) is 27.7 Å². The quantitative estimate of drug-likeness (QED) is 0.916. The smallest absolute Gasteiger partial charge is 0.127 e. The van der Waals surface area contributed by atoms with Gasteiger partial charge in [-0.15, -0.1) is 0 Å². The van der Waals surface area contributed by atoms with Crippen LogP contribution >= 0.6 is 15.9 Å². The van der Waals surface area contributed by atoms with E-state index in [0.29, 0.717) is 6.04 Å².